The summed E-state index contributed by atoms with van der Waals surface area (Å²) in [6, 6.07) is 18.9. The summed E-state index contributed by atoms with van der Waals surface area (Å²) in [5, 5.41) is 3.03. The molecule has 284 valence electrons. The number of likely N-dealkylation sites (tertiary alicyclic amines) is 1. The van der Waals surface area contributed by atoms with Gasteiger partial charge in [-0.3, -0.25) is 9.59 Å². The highest BCUT2D eigenvalue weighted by molar-refractivity contribution is 6.06. The lowest BCUT2D eigenvalue weighted by Crippen LogP contribution is -2.45. The van der Waals surface area contributed by atoms with E-state index in [1.807, 2.05) is 54.6 Å². The van der Waals surface area contributed by atoms with E-state index in [-0.39, 0.29) is 55.5 Å². The molecule has 13 heteroatoms. The first-order chi connectivity index (χ1) is 24.3. The Hall–Kier alpha value is -3.61. The van der Waals surface area contributed by atoms with Crippen molar-refractivity contribution in [2.24, 2.45) is 0 Å². The quantitative estimate of drug-likeness (QED) is 0.0952. The first kappa shape index (κ1) is 41.2. The largest absolute Gasteiger partial charge is 0.466 e. The van der Waals surface area contributed by atoms with Crippen LogP contribution in [0.15, 0.2) is 72.8 Å². The second-order valence-electron chi connectivity index (χ2n) is 13.6. The zero-order valence-electron chi connectivity index (χ0n) is 29.1. The van der Waals surface area contributed by atoms with Gasteiger partial charge in [0.2, 0.25) is 5.91 Å². The number of esters is 1. The topological polar surface area (TPSA) is 67.9 Å². The fourth-order valence-electron chi connectivity index (χ4n) is 7.50. The SMILES string of the molecule is CCOC(=O)CCCC1(CCCCN2CCC(COCc3cc(C(F)(F)F)cc(C(F)(F)F)c3)(c3ccccc3)CC2)C(=O)Nc2ccccc21.Cl. The number of fused-ring (bicyclic) bond motifs is 1. The molecule has 5 rings (SSSR count). The summed E-state index contributed by atoms with van der Waals surface area (Å²) in [5.41, 5.74) is -1.29. The Bertz CT molecular complexity index is 1610. The van der Waals surface area contributed by atoms with Crippen molar-refractivity contribution < 1.29 is 45.4 Å². The summed E-state index contributed by atoms with van der Waals surface area (Å²) in [6.07, 6.45) is -4.85. The van der Waals surface area contributed by atoms with Gasteiger partial charge in [-0.15, -0.1) is 12.4 Å². The van der Waals surface area contributed by atoms with Gasteiger partial charge < -0.3 is 19.7 Å². The molecule has 0 saturated carbocycles. The zero-order chi connectivity index (χ0) is 36.7. The summed E-state index contributed by atoms with van der Waals surface area (Å²) in [7, 11) is 0. The van der Waals surface area contributed by atoms with Gasteiger partial charge >= 0.3 is 18.3 Å². The molecule has 1 saturated heterocycles. The summed E-state index contributed by atoms with van der Waals surface area (Å²) in [6.45, 7) is 4.10. The normalized spacial score (nSPS) is 18.7. The van der Waals surface area contributed by atoms with Crippen LogP contribution >= 0.6 is 12.4 Å². The number of rotatable bonds is 15. The van der Waals surface area contributed by atoms with Gasteiger partial charge in [-0.25, -0.2) is 0 Å². The maximum Gasteiger partial charge on any atom is 0.416 e. The molecule has 6 nitrogen and oxygen atoms in total. The van der Waals surface area contributed by atoms with Crippen LogP contribution in [0.1, 0.15) is 86.1 Å². The second kappa shape index (κ2) is 17.5. The molecule has 0 spiro atoms. The van der Waals surface area contributed by atoms with Crippen molar-refractivity contribution in [1.82, 2.24) is 4.90 Å². The molecule has 3 aromatic carbocycles. The number of anilines is 1. The minimum atomic E-state index is -4.92. The molecule has 1 fully saturated rings. The maximum absolute atomic E-state index is 13.4. The predicted molar refractivity (Wildman–Crippen MR) is 188 cm³/mol. The number of para-hydroxylation sites is 1. The van der Waals surface area contributed by atoms with Crippen LogP contribution in [0, 0.1) is 0 Å². The number of hydrogen-bond acceptors (Lipinski definition) is 5. The molecule has 1 unspecified atom stereocenters. The number of amides is 1. The number of piperidine rings is 1. The lowest BCUT2D eigenvalue weighted by molar-refractivity contribution is -0.144. The molecule has 2 heterocycles. The maximum atomic E-state index is 13.4. The first-order valence-corrected chi connectivity index (χ1v) is 17.5. The Kier molecular flexibility index (Phi) is 13.8. The number of hydrogen-bond donors (Lipinski definition) is 1. The van der Waals surface area contributed by atoms with Crippen molar-refractivity contribution in [3.8, 4) is 0 Å². The molecule has 52 heavy (non-hydrogen) atoms. The monoisotopic (exact) mass is 754 g/mol. The average molecular weight is 755 g/mol. The average Bonchev–Trinajstić information content (AvgIpc) is 3.37. The number of nitrogens with zero attached hydrogens (tertiary/aromatic N) is 1. The molecular weight excluding hydrogens is 710 g/mol. The van der Waals surface area contributed by atoms with Gasteiger partial charge in [0.25, 0.3) is 0 Å². The van der Waals surface area contributed by atoms with Crippen LogP contribution < -0.4 is 5.32 Å². The molecule has 1 amide bonds. The molecule has 0 aromatic heterocycles. The van der Waals surface area contributed by atoms with Gasteiger partial charge in [-0.1, -0.05) is 55.0 Å². The van der Waals surface area contributed by atoms with Crippen molar-refractivity contribution in [2.75, 3.05) is 38.2 Å². The van der Waals surface area contributed by atoms with Crippen molar-refractivity contribution >= 4 is 30.0 Å². The number of benzene rings is 3. The number of halogens is 7. The molecule has 2 aliphatic rings. The van der Waals surface area contributed by atoms with Crippen LogP contribution in [0.5, 0.6) is 0 Å². The number of nitrogens with one attached hydrogen (secondary N) is 1. The summed E-state index contributed by atoms with van der Waals surface area (Å²) in [4.78, 5) is 27.8. The third-order valence-electron chi connectivity index (χ3n) is 10.2. The zero-order valence-corrected chi connectivity index (χ0v) is 29.9. The Morgan fingerprint density at radius 3 is 2.10 bits per heavy atom. The Morgan fingerprint density at radius 1 is 0.846 bits per heavy atom. The van der Waals surface area contributed by atoms with E-state index in [2.05, 4.69) is 10.2 Å². The van der Waals surface area contributed by atoms with Crippen LogP contribution in [0.25, 0.3) is 0 Å². The lowest BCUT2D eigenvalue weighted by Gasteiger charge is -2.42. The Balaban J connectivity index is 0.00000605. The Labute approximate surface area is 306 Å². The van der Waals surface area contributed by atoms with E-state index in [0.29, 0.717) is 50.8 Å². The van der Waals surface area contributed by atoms with Gasteiger partial charge in [0.1, 0.15) is 0 Å². The second-order valence-corrected chi connectivity index (χ2v) is 13.6. The van der Waals surface area contributed by atoms with E-state index in [1.165, 1.54) is 0 Å². The van der Waals surface area contributed by atoms with Crippen molar-refractivity contribution in [3.63, 3.8) is 0 Å². The van der Waals surface area contributed by atoms with Gasteiger partial charge in [-0.05, 0) is 106 Å². The van der Waals surface area contributed by atoms with Crippen molar-refractivity contribution in [1.29, 1.82) is 0 Å². The van der Waals surface area contributed by atoms with Crippen LogP contribution in [0.4, 0.5) is 32.0 Å². The van der Waals surface area contributed by atoms with E-state index in [4.69, 9.17) is 9.47 Å². The number of unbranched alkanes of at least 4 members (excludes halogenated alkanes) is 1. The van der Waals surface area contributed by atoms with E-state index in [0.717, 1.165) is 49.3 Å². The minimum Gasteiger partial charge on any atom is -0.466 e. The van der Waals surface area contributed by atoms with Gasteiger partial charge in [0.15, 0.2) is 0 Å². The van der Waals surface area contributed by atoms with Gasteiger partial charge in [-0.2, -0.15) is 26.3 Å². The number of carbonyl (C=O) groups is 2. The fraction of sp³-hybridized carbons (Fsp3) is 0.487. The number of alkyl halides is 6. The highest BCUT2D eigenvalue weighted by Gasteiger charge is 2.46. The highest BCUT2D eigenvalue weighted by Crippen LogP contribution is 2.45. The third kappa shape index (κ3) is 9.87. The lowest BCUT2D eigenvalue weighted by atomic mass is 9.73. The predicted octanol–water partition coefficient (Wildman–Crippen LogP) is 9.49. The summed E-state index contributed by atoms with van der Waals surface area (Å²) >= 11 is 0. The first-order valence-electron chi connectivity index (χ1n) is 17.5. The molecule has 1 atom stereocenters. The third-order valence-corrected chi connectivity index (χ3v) is 10.2. The highest BCUT2D eigenvalue weighted by atomic mass is 35.5. The molecular formula is C39H45ClF6N2O4. The molecule has 0 bridgehead atoms. The van der Waals surface area contributed by atoms with Crippen molar-refractivity contribution in [2.45, 2.75) is 88.1 Å². The van der Waals surface area contributed by atoms with E-state index < -0.39 is 34.3 Å². The molecule has 0 aliphatic carbocycles. The van der Waals surface area contributed by atoms with Crippen LogP contribution in [0.2, 0.25) is 0 Å². The smallest absolute Gasteiger partial charge is 0.416 e. The van der Waals surface area contributed by atoms with E-state index in [9.17, 15) is 35.9 Å². The summed E-state index contributed by atoms with van der Waals surface area (Å²) in [5.74, 6) is -0.314. The van der Waals surface area contributed by atoms with Gasteiger partial charge in [0, 0.05) is 17.5 Å². The van der Waals surface area contributed by atoms with E-state index in [1.54, 1.807) is 6.92 Å². The van der Waals surface area contributed by atoms with Crippen molar-refractivity contribution in [3.05, 3.63) is 101 Å². The molecule has 3 aromatic rings. The Morgan fingerprint density at radius 2 is 1.46 bits per heavy atom. The minimum absolute atomic E-state index is 0. The summed E-state index contributed by atoms with van der Waals surface area (Å²) < 4.78 is 91.5. The van der Waals surface area contributed by atoms with E-state index >= 15 is 0 Å². The van der Waals surface area contributed by atoms with Gasteiger partial charge in [0.05, 0.1) is 36.4 Å². The number of carbonyl (C=O) groups excluding carboxylic acids is 2. The standard InChI is InChI=1S/C39H44F6N2O4.ClH/c1-2-51-34(48)15-10-17-37(32-13-6-7-14-33(32)46-35(37)49)16-8-9-20-47-21-18-36(19-22-47,29-11-4-3-5-12-29)27-50-26-28-23-30(38(40,41)42)25-31(24-28)39(43,44)45;/h3-7,11-14,23-25H,2,8-10,15-22,26-27H2,1H3,(H,46,49);1H. The fourth-order valence-corrected chi connectivity index (χ4v) is 7.50. The molecule has 0 radical (unpaired) electrons. The van der Waals surface area contributed by atoms with Crippen LogP contribution in [0.3, 0.4) is 0 Å². The molecule has 2 aliphatic heterocycles. The van der Waals surface area contributed by atoms with Crippen LogP contribution in [-0.4, -0.2) is 49.6 Å². The molecule has 1 N–H and O–H groups in total. The number of ether oxygens (including phenoxy) is 2. The van der Waals surface area contributed by atoms with Crippen LogP contribution in [-0.2, 0) is 48.9 Å².